The molecule has 1 unspecified atom stereocenters. The second kappa shape index (κ2) is 8.42. The summed E-state index contributed by atoms with van der Waals surface area (Å²) < 4.78 is 1.55. The van der Waals surface area contributed by atoms with E-state index in [9.17, 15) is 9.59 Å². The fourth-order valence-electron chi connectivity index (χ4n) is 3.21. The van der Waals surface area contributed by atoms with Gasteiger partial charge in [0.05, 0.1) is 16.9 Å². The number of halogens is 1. The maximum atomic E-state index is 13.1. The van der Waals surface area contributed by atoms with Crippen molar-refractivity contribution in [3.8, 4) is 0 Å². The van der Waals surface area contributed by atoms with Crippen LogP contribution in [0, 0.1) is 5.41 Å². The Morgan fingerprint density at radius 3 is 2.56 bits per heavy atom. The van der Waals surface area contributed by atoms with E-state index in [-0.39, 0.29) is 17.5 Å². The Hall–Kier alpha value is -1.88. The monoisotopic (exact) mass is 391 g/mol. The largest absolute Gasteiger partial charge is 0.332 e. The van der Waals surface area contributed by atoms with Crippen LogP contribution in [0.5, 0.6) is 0 Å². The van der Waals surface area contributed by atoms with E-state index < -0.39 is 5.41 Å². The fourth-order valence-corrected chi connectivity index (χ4v) is 3.37. The van der Waals surface area contributed by atoms with Crippen molar-refractivity contribution in [2.45, 2.75) is 59.9 Å². The number of hydrogen-bond donors (Lipinski definition) is 0. The molecule has 1 aromatic heterocycles. The van der Waals surface area contributed by atoms with Gasteiger partial charge >= 0.3 is 0 Å². The van der Waals surface area contributed by atoms with Crippen LogP contribution in [0.4, 0.5) is 0 Å². The molecule has 0 aliphatic carbocycles. The third-order valence-electron chi connectivity index (χ3n) is 4.82. The fraction of sp³-hybridized carbons (Fsp3) is 0.571. The maximum absolute atomic E-state index is 13.1. The van der Waals surface area contributed by atoms with Gasteiger partial charge in [-0.1, -0.05) is 52.1 Å². The number of fused-ring (bicyclic) bond motifs is 1. The molecule has 2 aromatic rings. The minimum Gasteiger partial charge on any atom is -0.332 e. The molecule has 5 nitrogen and oxygen atoms in total. The van der Waals surface area contributed by atoms with E-state index in [0.29, 0.717) is 28.3 Å². The average Bonchev–Trinajstić information content (AvgIpc) is 2.60. The van der Waals surface area contributed by atoms with Crippen molar-refractivity contribution < 1.29 is 4.79 Å². The summed E-state index contributed by atoms with van der Waals surface area (Å²) in [7, 11) is 1.71. The molecule has 0 spiro atoms. The van der Waals surface area contributed by atoms with Gasteiger partial charge in [-0.25, -0.2) is 4.98 Å². The maximum Gasteiger partial charge on any atom is 0.261 e. The van der Waals surface area contributed by atoms with E-state index in [2.05, 4.69) is 6.92 Å². The summed E-state index contributed by atoms with van der Waals surface area (Å²) in [5.74, 6) is 0.635. The first-order valence-electron chi connectivity index (χ1n) is 9.55. The highest BCUT2D eigenvalue weighted by atomic mass is 35.5. The van der Waals surface area contributed by atoms with E-state index in [4.69, 9.17) is 16.6 Å². The van der Waals surface area contributed by atoms with E-state index in [0.717, 1.165) is 19.3 Å². The first-order valence-corrected chi connectivity index (χ1v) is 9.93. The molecule has 27 heavy (non-hydrogen) atoms. The lowest BCUT2D eigenvalue weighted by Crippen LogP contribution is -2.43. The summed E-state index contributed by atoms with van der Waals surface area (Å²) in [4.78, 5) is 32.4. The second-order valence-electron chi connectivity index (χ2n) is 8.13. The molecule has 0 saturated carbocycles. The van der Waals surface area contributed by atoms with Crippen LogP contribution in [0.15, 0.2) is 23.0 Å². The number of nitrogens with zero attached hydrogens (tertiary/aromatic N) is 3. The lowest BCUT2D eigenvalue weighted by Gasteiger charge is -2.34. The Bertz CT molecular complexity index is 883. The van der Waals surface area contributed by atoms with Crippen LogP contribution < -0.4 is 5.56 Å². The van der Waals surface area contributed by atoms with Crippen LogP contribution >= 0.6 is 11.6 Å². The van der Waals surface area contributed by atoms with Gasteiger partial charge in [-0.05, 0) is 31.5 Å². The van der Waals surface area contributed by atoms with Gasteiger partial charge in [0.15, 0.2) is 0 Å². The number of amides is 1. The minimum atomic E-state index is -0.500. The van der Waals surface area contributed by atoms with Crippen LogP contribution in [0.1, 0.15) is 65.7 Å². The molecule has 1 aromatic carbocycles. The molecule has 1 amide bonds. The molecule has 0 radical (unpaired) electrons. The summed E-state index contributed by atoms with van der Waals surface area (Å²) >= 11 is 6.09. The Labute approximate surface area is 166 Å². The molecule has 1 atom stereocenters. The summed E-state index contributed by atoms with van der Waals surface area (Å²) in [5.41, 5.74) is -0.0705. The van der Waals surface area contributed by atoms with Crippen LogP contribution in [0.25, 0.3) is 10.9 Å². The molecule has 0 bridgehead atoms. The normalized spacial score (nSPS) is 13.0. The first kappa shape index (κ1) is 21.4. The molecule has 0 N–H and O–H groups in total. The lowest BCUT2D eigenvalue weighted by molar-refractivity contribution is -0.142. The molecule has 0 aliphatic rings. The van der Waals surface area contributed by atoms with Gasteiger partial charge in [-0.2, -0.15) is 0 Å². The van der Waals surface area contributed by atoms with Gasteiger partial charge in [0.25, 0.3) is 5.56 Å². The van der Waals surface area contributed by atoms with Gasteiger partial charge in [0.2, 0.25) is 5.91 Å². The van der Waals surface area contributed by atoms with Crippen molar-refractivity contribution in [1.82, 2.24) is 14.5 Å². The smallest absolute Gasteiger partial charge is 0.261 e. The Balaban J connectivity index is 2.53. The first-order chi connectivity index (χ1) is 12.6. The van der Waals surface area contributed by atoms with Crippen molar-refractivity contribution in [1.29, 1.82) is 0 Å². The molecule has 148 valence electrons. The van der Waals surface area contributed by atoms with Gasteiger partial charge in [-0.3, -0.25) is 14.2 Å². The SMILES string of the molecule is CCCCCN(C(=O)C(C)(C)C)C(C)c1nc2cc(Cl)ccc2c(=O)n1C. The number of carbonyl (C=O) groups is 1. The predicted molar refractivity (Wildman–Crippen MR) is 111 cm³/mol. The lowest BCUT2D eigenvalue weighted by atomic mass is 9.93. The van der Waals surface area contributed by atoms with E-state index >= 15 is 0 Å². The number of aromatic nitrogens is 2. The topological polar surface area (TPSA) is 55.2 Å². The highest BCUT2D eigenvalue weighted by Gasteiger charge is 2.32. The van der Waals surface area contributed by atoms with Crippen LogP contribution in [-0.4, -0.2) is 26.9 Å². The predicted octanol–water partition coefficient (Wildman–Crippen LogP) is 4.71. The highest BCUT2D eigenvalue weighted by molar-refractivity contribution is 6.31. The molecular weight excluding hydrogens is 362 g/mol. The average molecular weight is 392 g/mol. The molecule has 0 fully saturated rings. The van der Waals surface area contributed by atoms with Gasteiger partial charge in [0, 0.05) is 24.0 Å². The van der Waals surface area contributed by atoms with Gasteiger partial charge in [0.1, 0.15) is 5.82 Å². The molecule has 1 heterocycles. The van der Waals surface area contributed by atoms with Crippen molar-refractivity contribution in [3.05, 3.63) is 39.4 Å². The standard InChI is InChI=1S/C21H30ClN3O2/c1-7-8-9-12-25(20(27)21(3,4)5)14(2)18-23-17-13-15(22)10-11-16(17)19(26)24(18)6/h10-11,13-14H,7-9,12H2,1-6H3. The minimum absolute atomic E-state index is 0.0616. The zero-order valence-corrected chi connectivity index (χ0v) is 17.9. The summed E-state index contributed by atoms with van der Waals surface area (Å²) in [6.07, 6.45) is 3.06. The van der Waals surface area contributed by atoms with E-state index in [1.165, 1.54) is 0 Å². The van der Waals surface area contributed by atoms with Crippen molar-refractivity contribution in [2.24, 2.45) is 12.5 Å². The second-order valence-corrected chi connectivity index (χ2v) is 8.56. The number of hydrogen-bond acceptors (Lipinski definition) is 3. The Morgan fingerprint density at radius 1 is 1.30 bits per heavy atom. The summed E-state index contributed by atoms with van der Waals surface area (Å²) in [6.45, 7) is 10.5. The molecular formula is C21H30ClN3O2. The van der Waals surface area contributed by atoms with Gasteiger partial charge < -0.3 is 4.90 Å². The van der Waals surface area contributed by atoms with Crippen molar-refractivity contribution in [2.75, 3.05) is 6.54 Å². The number of unbranched alkanes of at least 4 members (excludes halogenated alkanes) is 2. The van der Waals surface area contributed by atoms with Crippen LogP contribution in [0.3, 0.4) is 0 Å². The third kappa shape index (κ3) is 4.70. The Kier molecular flexibility index (Phi) is 6.68. The molecule has 6 heteroatoms. The number of rotatable bonds is 6. The van der Waals surface area contributed by atoms with E-state index in [1.807, 2.05) is 32.6 Å². The quantitative estimate of drug-likeness (QED) is 0.670. The third-order valence-corrected chi connectivity index (χ3v) is 5.05. The summed E-state index contributed by atoms with van der Waals surface area (Å²) in [6, 6.07) is 4.77. The number of carbonyl (C=O) groups excluding carboxylic acids is 1. The van der Waals surface area contributed by atoms with Crippen LogP contribution in [-0.2, 0) is 11.8 Å². The van der Waals surface area contributed by atoms with Crippen molar-refractivity contribution >= 4 is 28.4 Å². The van der Waals surface area contributed by atoms with Gasteiger partial charge in [-0.15, -0.1) is 0 Å². The molecule has 2 rings (SSSR count). The zero-order valence-electron chi connectivity index (χ0n) is 17.2. The zero-order chi connectivity index (χ0) is 20.4. The molecule has 0 saturated heterocycles. The Morgan fingerprint density at radius 2 is 1.96 bits per heavy atom. The van der Waals surface area contributed by atoms with Crippen molar-refractivity contribution in [3.63, 3.8) is 0 Å². The van der Waals surface area contributed by atoms with E-state index in [1.54, 1.807) is 29.8 Å². The van der Waals surface area contributed by atoms with Crippen LogP contribution in [0.2, 0.25) is 5.02 Å². The highest BCUT2D eigenvalue weighted by Crippen LogP contribution is 2.27. The molecule has 0 aliphatic heterocycles. The summed E-state index contributed by atoms with van der Waals surface area (Å²) in [5, 5.41) is 1.06. The number of benzene rings is 1.